The molecule has 0 unspecified atom stereocenters. The molecular formula is C30H42N4O6. The molecule has 0 heterocycles. The van der Waals surface area contributed by atoms with E-state index in [0.717, 1.165) is 11.1 Å². The summed E-state index contributed by atoms with van der Waals surface area (Å²) in [5.74, 6) is -0.839. The van der Waals surface area contributed by atoms with Gasteiger partial charge in [-0.3, -0.25) is 9.59 Å². The lowest BCUT2D eigenvalue weighted by Gasteiger charge is -2.24. The van der Waals surface area contributed by atoms with E-state index in [4.69, 9.17) is 9.47 Å². The van der Waals surface area contributed by atoms with Crippen molar-refractivity contribution < 1.29 is 28.7 Å². The number of rotatable bonds is 11. The van der Waals surface area contributed by atoms with Crippen molar-refractivity contribution in [2.75, 3.05) is 13.1 Å². The fourth-order valence-corrected chi connectivity index (χ4v) is 3.64. The van der Waals surface area contributed by atoms with Gasteiger partial charge in [0.2, 0.25) is 11.8 Å². The van der Waals surface area contributed by atoms with E-state index in [9.17, 15) is 19.2 Å². The summed E-state index contributed by atoms with van der Waals surface area (Å²) in [4.78, 5) is 50.7. The first kappa shape index (κ1) is 32.1. The standard InChI is InChI=1S/C30H42N4O6/c1-29(2,3)39-27(37)33-23(19-21-13-9-7-10-14-21)25(35)31-17-18-32-26(36)24(20-22-15-11-8-12-16-22)34-28(38)40-30(4,5)6/h7-16,23-24H,17-20H2,1-6H3,(H,31,35)(H,32,36)(H,33,37)(H,34,38)/t23-,24-/m0/s1. The van der Waals surface area contributed by atoms with Gasteiger partial charge in [0.15, 0.2) is 0 Å². The van der Waals surface area contributed by atoms with Gasteiger partial charge in [0.25, 0.3) is 0 Å². The molecule has 0 aliphatic carbocycles. The van der Waals surface area contributed by atoms with Gasteiger partial charge in [-0.05, 0) is 52.7 Å². The lowest BCUT2D eigenvalue weighted by atomic mass is 10.1. The minimum atomic E-state index is -0.882. The minimum absolute atomic E-state index is 0.107. The van der Waals surface area contributed by atoms with Crippen LogP contribution in [0.3, 0.4) is 0 Å². The van der Waals surface area contributed by atoms with Gasteiger partial charge in [0, 0.05) is 25.9 Å². The average Bonchev–Trinajstić information content (AvgIpc) is 2.84. The lowest BCUT2D eigenvalue weighted by molar-refractivity contribution is -0.124. The van der Waals surface area contributed by atoms with Crippen LogP contribution in [0.25, 0.3) is 0 Å². The molecule has 40 heavy (non-hydrogen) atoms. The van der Waals surface area contributed by atoms with Crippen molar-refractivity contribution in [2.45, 2.75) is 77.7 Å². The predicted octanol–water partition coefficient (Wildman–Crippen LogP) is 3.49. The third-order valence-electron chi connectivity index (χ3n) is 5.30. The maximum atomic E-state index is 13.0. The van der Waals surface area contributed by atoms with Crippen LogP contribution in [-0.2, 0) is 31.9 Å². The number of amides is 4. The first-order valence-corrected chi connectivity index (χ1v) is 13.3. The molecule has 10 nitrogen and oxygen atoms in total. The van der Waals surface area contributed by atoms with Gasteiger partial charge < -0.3 is 30.7 Å². The number of benzene rings is 2. The zero-order valence-corrected chi connectivity index (χ0v) is 24.2. The molecule has 2 rings (SSSR count). The predicted molar refractivity (Wildman–Crippen MR) is 153 cm³/mol. The van der Waals surface area contributed by atoms with Crippen molar-refractivity contribution in [3.63, 3.8) is 0 Å². The highest BCUT2D eigenvalue weighted by molar-refractivity contribution is 5.87. The van der Waals surface area contributed by atoms with E-state index >= 15 is 0 Å². The molecule has 0 aliphatic rings. The number of hydrogen-bond donors (Lipinski definition) is 4. The van der Waals surface area contributed by atoms with E-state index in [1.54, 1.807) is 41.5 Å². The lowest BCUT2D eigenvalue weighted by Crippen LogP contribution is -2.52. The molecule has 4 N–H and O–H groups in total. The first-order chi connectivity index (χ1) is 18.7. The third kappa shape index (κ3) is 13.1. The normalized spacial score (nSPS) is 12.8. The third-order valence-corrected chi connectivity index (χ3v) is 5.30. The molecule has 0 spiro atoms. The highest BCUT2D eigenvalue weighted by atomic mass is 16.6. The van der Waals surface area contributed by atoms with Crippen LogP contribution in [0.15, 0.2) is 60.7 Å². The Hall–Kier alpha value is -4.08. The van der Waals surface area contributed by atoms with Crippen molar-refractivity contribution in [3.05, 3.63) is 71.8 Å². The van der Waals surface area contributed by atoms with Crippen LogP contribution in [0.2, 0.25) is 0 Å². The van der Waals surface area contributed by atoms with Crippen molar-refractivity contribution >= 4 is 24.0 Å². The van der Waals surface area contributed by atoms with Gasteiger partial charge in [-0.2, -0.15) is 0 Å². The van der Waals surface area contributed by atoms with E-state index in [0.29, 0.717) is 0 Å². The Morgan fingerprint density at radius 2 is 0.925 bits per heavy atom. The monoisotopic (exact) mass is 554 g/mol. The van der Waals surface area contributed by atoms with Crippen LogP contribution in [0.1, 0.15) is 52.7 Å². The molecule has 0 fully saturated rings. The average molecular weight is 555 g/mol. The zero-order valence-electron chi connectivity index (χ0n) is 24.2. The highest BCUT2D eigenvalue weighted by Gasteiger charge is 2.26. The number of ether oxygens (including phenoxy) is 2. The molecule has 0 bridgehead atoms. The Morgan fingerprint density at radius 1 is 0.600 bits per heavy atom. The van der Waals surface area contributed by atoms with Gasteiger partial charge in [-0.15, -0.1) is 0 Å². The minimum Gasteiger partial charge on any atom is -0.444 e. The number of alkyl carbamates (subject to hydrolysis) is 2. The molecule has 0 radical (unpaired) electrons. The SMILES string of the molecule is CC(C)(C)OC(=O)N[C@@H](Cc1ccccc1)C(=O)NCCNC(=O)[C@H](Cc1ccccc1)NC(=O)OC(C)(C)C. The fourth-order valence-electron chi connectivity index (χ4n) is 3.64. The second-order valence-corrected chi connectivity index (χ2v) is 11.4. The molecule has 0 aromatic heterocycles. The molecule has 2 aromatic carbocycles. The summed E-state index contributed by atoms with van der Waals surface area (Å²) in [6.07, 6.45) is -0.878. The van der Waals surface area contributed by atoms with Crippen LogP contribution >= 0.6 is 0 Å². The number of carbonyl (C=O) groups excluding carboxylic acids is 4. The number of carbonyl (C=O) groups is 4. The molecule has 2 atom stereocenters. The van der Waals surface area contributed by atoms with Gasteiger partial charge in [-0.25, -0.2) is 9.59 Å². The quantitative estimate of drug-likeness (QED) is 0.314. The van der Waals surface area contributed by atoms with E-state index in [1.807, 2.05) is 60.7 Å². The highest BCUT2D eigenvalue weighted by Crippen LogP contribution is 2.10. The van der Waals surface area contributed by atoms with Crippen molar-refractivity contribution in [1.29, 1.82) is 0 Å². The van der Waals surface area contributed by atoms with Gasteiger partial charge in [0.05, 0.1) is 0 Å². The molecule has 0 saturated carbocycles. The summed E-state index contributed by atoms with van der Waals surface area (Å²) in [6, 6.07) is 16.8. The Kier molecular flexibility index (Phi) is 12.0. The van der Waals surface area contributed by atoms with Gasteiger partial charge in [-0.1, -0.05) is 60.7 Å². The maximum absolute atomic E-state index is 13.0. The Balaban J connectivity index is 1.97. The summed E-state index contributed by atoms with van der Waals surface area (Å²) in [7, 11) is 0. The Morgan fingerprint density at radius 3 is 1.23 bits per heavy atom. The maximum Gasteiger partial charge on any atom is 0.408 e. The molecule has 218 valence electrons. The second-order valence-electron chi connectivity index (χ2n) is 11.4. The van der Waals surface area contributed by atoms with Crippen LogP contribution in [-0.4, -0.2) is 60.4 Å². The van der Waals surface area contributed by atoms with Crippen LogP contribution in [0.4, 0.5) is 9.59 Å². The molecule has 4 amide bonds. The fraction of sp³-hybridized carbons (Fsp3) is 0.467. The van der Waals surface area contributed by atoms with Crippen LogP contribution in [0, 0.1) is 0 Å². The molecule has 0 aliphatic heterocycles. The number of nitrogens with one attached hydrogen (secondary N) is 4. The molecule has 10 heteroatoms. The molecule has 2 aromatic rings. The summed E-state index contributed by atoms with van der Waals surface area (Å²) in [5, 5.41) is 10.8. The number of hydrogen-bond acceptors (Lipinski definition) is 6. The molecular weight excluding hydrogens is 512 g/mol. The summed E-state index contributed by atoms with van der Waals surface area (Å²) in [5.41, 5.74) is 0.297. The van der Waals surface area contributed by atoms with Crippen molar-refractivity contribution in [2.24, 2.45) is 0 Å². The van der Waals surface area contributed by atoms with Crippen LogP contribution < -0.4 is 21.3 Å². The zero-order chi connectivity index (χ0) is 29.8. The van der Waals surface area contributed by atoms with Gasteiger partial charge in [0.1, 0.15) is 23.3 Å². The van der Waals surface area contributed by atoms with E-state index < -0.39 is 47.3 Å². The van der Waals surface area contributed by atoms with E-state index in [2.05, 4.69) is 21.3 Å². The largest absolute Gasteiger partial charge is 0.444 e. The van der Waals surface area contributed by atoms with Gasteiger partial charge >= 0.3 is 12.2 Å². The Labute approximate surface area is 236 Å². The van der Waals surface area contributed by atoms with E-state index in [1.165, 1.54) is 0 Å². The Bertz CT molecular complexity index is 1020. The smallest absolute Gasteiger partial charge is 0.408 e. The molecule has 0 saturated heterocycles. The summed E-state index contributed by atoms with van der Waals surface area (Å²) < 4.78 is 10.6. The van der Waals surface area contributed by atoms with Crippen molar-refractivity contribution in [3.8, 4) is 0 Å². The first-order valence-electron chi connectivity index (χ1n) is 13.3. The second kappa shape index (κ2) is 14.9. The van der Waals surface area contributed by atoms with E-state index in [-0.39, 0.29) is 25.9 Å². The summed E-state index contributed by atoms with van der Waals surface area (Å²) >= 11 is 0. The summed E-state index contributed by atoms with van der Waals surface area (Å²) in [6.45, 7) is 10.7. The topological polar surface area (TPSA) is 135 Å². The van der Waals surface area contributed by atoms with Crippen molar-refractivity contribution in [1.82, 2.24) is 21.3 Å². The van der Waals surface area contributed by atoms with Crippen LogP contribution in [0.5, 0.6) is 0 Å².